The molecule has 0 atom stereocenters. The van der Waals surface area contributed by atoms with Crippen LogP contribution in [0.15, 0.2) is 50.3 Å². The van der Waals surface area contributed by atoms with Gasteiger partial charge in [-0.25, -0.2) is 9.78 Å². The molecule has 0 aliphatic heterocycles. The second-order valence-electron chi connectivity index (χ2n) is 7.10. The summed E-state index contributed by atoms with van der Waals surface area (Å²) in [7, 11) is 1.71. The maximum Gasteiger partial charge on any atom is 0.410 e. The van der Waals surface area contributed by atoms with Gasteiger partial charge in [0.25, 0.3) is 0 Å². The van der Waals surface area contributed by atoms with Crippen LogP contribution in [0.2, 0.25) is 0 Å². The zero-order chi connectivity index (χ0) is 20.3. The third kappa shape index (κ3) is 4.92. The molecule has 0 aromatic carbocycles. The van der Waals surface area contributed by atoms with Crippen LogP contribution < -0.4 is 0 Å². The molecule has 0 saturated carbocycles. The second-order valence-corrected chi connectivity index (χ2v) is 10.4. The Hall–Kier alpha value is -1.90. The van der Waals surface area contributed by atoms with Gasteiger partial charge in [-0.3, -0.25) is 0 Å². The van der Waals surface area contributed by atoms with Gasteiger partial charge in [-0.1, -0.05) is 11.8 Å². The van der Waals surface area contributed by atoms with E-state index in [0.29, 0.717) is 5.56 Å². The van der Waals surface area contributed by atoms with Crippen LogP contribution in [0.25, 0.3) is 11.1 Å². The van der Waals surface area contributed by atoms with Crippen LogP contribution in [0.3, 0.4) is 0 Å². The average Bonchev–Trinajstić information content (AvgIpc) is 3.29. The summed E-state index contributed by atoms with van der Waals surface area (Å²) in [6.45, 7) is 5.97. The molecule has 0 aliphatic rings. The minimum absolute atomic E-state index is 0.142. The molecule has 0 bridgehead atoms. The highest BCUT2D eigenvalue weighted by Gasteiger charge is 2.24. The minimum atomic E-state index is -0.511. The van der Waals surface area contributed by atoms with E-state index in [9.17, 15) is 9.18 Å². The predicted molar refractivity (Wildman–Crippen MR) is 114 cm³/mol. The van der Waals surface area contributed by atoms with Crippen LogP contribution in [0.5, 0.6) is 0 Å². The fourth-order valence-electron chi connectivity index (χ4n) is 2.27. The summed E-state index contributed by atoms with van der Waals surface area (Å²) in [5.41, 5.74) is 0.888. The summed E-state index contributed by atoms with van der Waals surface area (Å²) in [5.74, 6) is -0.511. The number of pyridine rings is 1. The summed E-state index contributed by atoms with van der Waals surface area (Å²) in [6.07, 6.45) is 1.05. The van der Waals surface area contributed by atoms with Crippen LogP contribution in [0, 0.1) is 5.95 Å². The van der Waals surface area contributed by atoms with Gasteiger partial charge in [-0.2, -0.15) is 15.7 Å². The van der Waals surface area contributed by atoms with Gasteiger partial charge in [0, 0.05) is 45.1 Å². The first-order valence-corrected chi connectivity index (χ1v) is 11.2. The molecule has 3 aromatic rings. The summed E-state index contributed by atoms with van der Waals surface area (Å²) in [6, 6.07) is 7.33. The zero-order valence-electron chi connectivity index (χ0n) is 16.1. The third-order valence-corrected chi connectivity index (χ3v) is 7.25. The van der Waals surface area contributed by atoms with Gasteiger partial charge < -0.3 is 9.64 Å². The molecular formula is C20H21FN2O2S3. The number of rotatable bonds is 5. The standard InChI is InChI=1S/C20H21FN2O2S3/c1-20(2,3)23(4)19(24)25-11-14-10-16(15-6-5-8-22-17(15)21)18(28-14)27-13-7-9-26-12-13/h5-10,12H,11H2,1-4H3. The summed E-state index contributed by atoms with van der Waals surface area (Å²) in [4.78, 5) is 19.5. The highest BCUT2D eigenvalue weighted by atomic mass is 32.2. The number of amides is 1. The van der Waals surface area contributed by atoms with Gasteiger partial charge in [0.2, 0.25) is 5.95 Å². The number of ether oxygens (including phenoxy) is 1. The van der Waals surface area contributed by atoms with Crippen molar-refractivity contribution in [3.63, 3.8) is 0 Å². The number of halogens is 1. The molecule has 0 unspecified atom stereocenters. The Morgan fingerprint density at radius 2 is 2.11 bits per heavy atom. The Morgan fingerprint density at radius 1 is 1.32 bits per heavy atom. The van der Waals surface area contributed by atoms with Crippen LogP contribution in [-0.4, -0.2) is 28.6 Å². The van der Waals surface area contributed by atoms with E-state index in [0.717, 1.165) is 19.5 Å². The molecule has 148 valence electrons. The quantitative estimate of drug-likeness (QED) is 0.427. The van der Waals surface area contributed by atoms with Crippen LogP contribution in [-0.2, 0) is 11.3 Å². The van der Waals surface area contributed by atoms with E-state index in [-0.39, 0.29) is 18.2 Å². The molecule has 3 aromatic heterocycles. The first-order valence-electron chi connectivity index (χ1n) is 8.60. The first-order chi connectivity index (χ1) is 13.3. The molecule has 4 nitrogen and oxygen atoms in total. The number of hydrogen-bond acceptors (Lipinski definition) is 6. The van der Waals surface area contributed by atoms with E-state index in [1.165, 1.54) is 17.5 Å². The third-order valence-electron chi connectivity index (χ3n) is 4.12. The highest BCUT2D eigenvalue weighted by Crippen LogP contribution is 2.43. The average molecular weight is 437 g/mol. The number of hydrogen-bond donors (Lipinski definition) is 0. The second kappa shape index (κ2) is 8.63. The monoisotopic (exact) mass is 436 g/mol. The molecule has 0 saturated heterocycles. The maximum absolute atomic E-state index is 14.3. The molecule has 0 N–H and O–H groups in total. The Kier molecular flexibility index (Phi) is 6.42. The minimum Gasteiger partial charge on any atom is -0.444 e. The molecule has 3 rings (SSSR count). The van der Waals surface area contributed by atoms with E-state index in [4.69, 9.17) is 4.74 Å². The Bertz CT molecular complexity index is 949. The van der Waals surface area contributed by atoms with Crippen molar-refractivity contribution in [2.45, 2.75) is 42.0 Å². The highest BCUT2D eigenvalue weighted by molar-refractivity contribution is 8.01. The Labute approximate surface area is 176 Å². The van der Waals surface area contributed by atoms with Crippen molar-refractivity contribution in [3.8, 4) is 11.1 Å². The van der Waals surface area contributed by atoms with Gasteiger partial charge in [-0.05, 0) is 50.4 Å². The van der Waals surface area contributed by atoms with Crippen molar-refractivity contribution in [1.29, 1.82) is 0 Å². The van der Waals surface area contributed by atoms with Gasteiger partial charge in [0.15, 0.2) is 0 Å². The van der Waals surface area contributed by atoms with E-state index < -0.39 is 5.95 Å². The number of carbonyl (C=O) groups excluding carboxylic acids is 1. The number of thiophene rings is 2. The summed E-state index contributed by atoms with van der Waals surface area (Å²) < 4.78 is 20.7. The molecule has 28 heavy (non-hydrogen) atoms. The van der Waals surface area contributed by atoms with Crippen molar-refractivity contribution in [2.75, 3.05) is 7.05 Å². The lowest BCUT2D eigenvalue weighted by atomic mass is 10.1. The van der Waals surface area contributed by atoms with Gasteiger partial charge in [0.1, 0.15) is 6.61 Å². The number of carbonyl (C=O) groups is 1. The molecule has 1 amide bonds. The molecule has 0 spiro atoms. The van der Waals surface area contributed by atoms with Crippen molar-refractivity contribution in [1.82, 2.24) is 9.88 Å². The van der Waals surface area contributed by atoms with E-state index in [1.807, 2.05) is 43.7 Å². The molecule has 0 fully saturated rings. The summed E-state index contributed by atoms with van der Waals surface area (Å²) in [5, 5.41) is 4.05. The van der Waals surface area contributed by atoms with Crippen molar-refractivity contribution in [2.24, 2.45) is 0 Å². The lowest BCUT2D eigenvalue weighted by Gasteiger charge is -2.30. The van der Waals surface area contributed by atoms with Crippen LogP contribution in [0.1, 0.15) is 25.6 Å². The van der Waals surface area contributed by atoms with Crippen LogP contribution in [0.4, 0.5) is 9.18 Å². The van der Waals surface area contributed by atoms with E-state index >= 15 is 0 Å². The lowest BCUT2D eigenvalue weighted by Crippen LogP contribution is -2.42. The smallest absolute Gasteiger partial charge is 0.410 e. The van der Waals surface area contributed by atoms with Crippen molar-refractivity contribution < 1.29 is 13.9 Å². The first kappa shape index (κ1) is 20.8. The molecule has 0 aliphatic carbocycles. The normalized spacial score (nSPS) is 11.5. The van der Waals surface area contributed by atoms with Crippen molar-refractivity contribution >= 4 is 40.5 Å². The largest absolute Gasteiger partial charge is 0.444 e. The molecule has 8 heteroatoms. The predicted octanol–water partition coefficient (Wildman–Crippen LogP) is 6.53. The Morgan fingerprint density at radius 3 is 2.75 bits per heavy atom. The summed E-state index contributed by atoms with van der Waals surface area (Å²) >= 11 is 4.69. The molecular weight excluding hydrogens is 415 g/mol. The topological polar surface area (TPSA) is 42.4 Å². The fourth-order valence-corrected chi connectivity index (χ4v) is 5.44. The van der Waals surface area contributed by atoms with Gasteiger partial charge in [-0.15, -0.1) is 11.3 Å². The molecule has 3 heterocycles. The lowest BCUT2D eigenvalue weighted by molar-refractivity contribution is 0.0767. The molecule has 0 radical (unpaired) electrons. The van der Waals surface area contributed by atoms with Gasteiger partial charge in [0.05, 0.1) is 4.21 Å². The number of nitrogens with zero attached hydrogens (tertiary/aromatic N) is 2. The maximum atomic E-state index is 14.3. The van der Waals surface area contributed by atoms with E-state index in [1.54, 1.807) is 47.2 Å². The van der Waals surface area contributed by atoms with Crippen molar-refractivity contribution in [3.05, 3.63) is 52.0 Å². The van der Waals surface area contributed by atoms with E-state index in [2.05, 4.69) is 4.98 Å². The van der Waals surface area contributed by atoms with Gasteiger partial charge >= 0.3 is 6.09 Å². The Balaban J connectivity index is 1.85. The zero-order valence-corrected chi connectivity index (χ0v) is 18.5. The SMILES string of the molecule is CN(C(=O)OCc1cc(-c2cccnc2F)c(Sc2ccsc2)s1)C(C)(C)C. The van der Waals surface area contributed by atoms with Crippen LogP contribution >= 0.6 is 34.4 Å². The fraction of sp³-hybridized carbons (Fsp3) is 0.300. The number of aromatic nitrogens is 1.